The number of anilines is 1. The minimum atomic E-state index is 0.647. The van der Waals surface area contributed by atoms with Gasteiger partial charge in [-0.05, 0) is 24.0 Å². The Hall–Kier alpha value is -0.670. The first-order chi connectivity index (χ1) is 5.77. The second-order valence-electron chi connectivity index (χ2n) is 2.51. The van der Waals surface area contributed by atoms with Gasteiger partial charge >= 0.3 is 0 Å². The molecule has 2 N–H and O–H groups in total. The molecule has 0 heterocycles. The van der Waals surface area contributed by atoms with Crippen LogP contribution in [0.25, 0.3) is 0 Å². The van der Waals surface area contributed by atoms with E-state index in [1.165, 1.54) is 0 Å². The molecule has 0 aliphatic rings. The quantitative estimate of drug-likeness (QED) is 0.576. The number of methoxy groups -OCH3 is 1. The first-order valence-corrected chi connectivity index (χ1v) is 4.91. The topological polar surface area (TPSA) is 35.2 Å². The molecule has 0 saturated heterocycles. The van der Waals surface area contributed by atoms with Crippen LogP contribution in [-0.4, -0.2) is 13.4 Å². The fourth-order valence-electron chi connectivity index (χ4n) is 1.01. The summed E-state index contributed by atoms with van der Waals surface area (Å²) in [6.07, 6.45) is 2.02. The van der Waals surface area contributed by atoms with Gasteiger partial charge in [-0.1, -0.05) is 6.07 Å². The molecule has 2 nitrogen and oxygen atoms in total. The van der Waals surface area contributed by atoms with Crippen LogP contribution in [0, 0.1) is 0 Å². The van der Waals surface area contributed by atoms with E-state index in [0.29, 0.717) is 6.61 Å². The van der Waals surface area contributed by atoms with Crippen LogP contribution in [0.5, 0.6) is 0 Å². The van der Waals surface area contributed by atoms with E-state index in [9.17, 15) is 0 Å². The van der Waals surface area contributed by atoms with Crippen LogP contribution in [-0.2, 0) is 11.3 Å². The zero-order chi connectivity index (χ0) is 8.97. The Bertz CT molecular complexity index is 263. The molecule has 1 rings (SSSR count). The van der Waals surface area contributed by atoms with E-state index in [2.05, 4.69) is 6.07 Å². The lowest BCUT2D eigenvalue weighted by molar-refractivity contribution is 0.185. The van der Waals surface area contributed by atoms with E-state index in [4.69, 9.17) is 10.5 Å². The Morgan fingerprint density at radius 1 is 1.50 bits per heavy atom. The molecule has 3 heteroatoms. The largest absolute Gasteiger partial charge is 0.398 e. The predicted octanol–water partition coefficient (Wildman–Crippen LogP) is 2.14. The second kappa shape index (κ2) is 4.38. The number of nitrogen functional groups attached to an aromatic ring is 1. The second-order valence-corrected chi connectivity index (χ2v) is 3.36. The highest BCUT2D eigenvalue weighted by atomic mass is 32.2. The predicted molar refractivity (Wildman–Crippen MR) is 53.3 cm³/mol. The van der Waals surface area contributed by atoms with Crippen molar-refractivity contribution in [1.29, 1.82) is 0 Å². The molecule has 0 spiro atoms. The van der Waals surface area contributed by atoms with Crippen LogP contribution in [0.4, 0.5) is 5.69 Å². The summed E-state index contributed by atoms with van der Waals surface area (Å²) in [5.74, 6) is 0. The van der Waals surface area contributed by atoms with Gasteiger partial charge in [0.2, 0.25) is 0 Å². The molecule has 66 valence electrons. The number of benzene rings is 1. The van der Waals surface area contributed by atoms with Crippen molar-refractivity contribution in [3.05, 3.63) is 23.8 Å². The third-order valence-electron chi connectivity index (χ3n) is 1.61. The molecular weight excluding hydrogens is 170 g/mol. The summed E-state index contributed by atoms with van der Waals surface area (Å²) in [6.45, 7) is 0.647. The molecule has 0 atom stereocenters. The zero-order valence-corrected chi connectivity index (χ0v) is 8.15. The molecule has 0 bridgehead atoms. The average molecular weight is 183 g/mol. The van der Waals surface area contributed by atoms with Crippen molar-refractivity contribution in [2.75, 3.05) is 19.1 Å². The van der Waals surface area contributed by atoms with Crippen molar-refractivity contribution < 1.29 is 4.74 Å². The van der Waals surface area contributed by atoms with Gasteiger partial charge in [-0.3, -0.25) is 0 Å². The maximum Gasteiger partial charge on any atom is 0.0713 e. The Morgan fingerprint density at radius 2 is 2.25 bits per heavy atom. The van der Waals surface area contributed by atoms with Crippen LogP contribution in [0.15, 0.2) is 23.1 Å². The van der Waals surface area contributed by atoms with Crippen LogP contribution in [0.3, 0.4) is 0 Å². The Morgan fingerprint density at radius 3 is 2.83 bits per heavy atom. The third kappa shape index (κ3) is 2.16. The van der Waals surface area contributed by atoms with E-state index in [1.807, 2.05) is 18.4 Å². The van der Waals surface area contributed by atoms with E-state index in [0.717, 1.165) is 16.1 Å². The molecule has 0 aliphatic heterocycles. The summed E-state index contributed by atoms with van der Waals surface area (Å²) in [5.41, 5.74) is 7.73. The summed E-state index contributed by atoms with van der Waals surface area (Å²) < 4.78 is 5.02. The van der Waals surface area contributed by atoms with Crippen molar-refractivity contribution in [3.63, 3.8) is 0 Å². The lowest BCUT2D eigenvalue weighted by Crippen LogP contribution is -1.92. The van der Waals surface area contributed by atoms with Gasteiger partial charge in [0.25, 0.3) is 0 Å². The number of rotatable bonds is 3. The van der Waals surface area contributed by atoms with Gasteiger partial charge in [-0.25, -0.2) is 0 Å². The smallest absolute Gasteiger partial charge is 0.0713 e. The number of hydrogen-bond donors (Lipinski definition) is 1. The molecule has 1 aromatic rings. The van der Waals surface area contributed by atoms with Crippen LogP contribution in [0.2, 0.25) is 0 Å². The van der Waals surface area contributed by atoms with E-state index >= 15 is 0 Å². The van der Waals surface area contributed by atoms with Gasteiger partial charge in [0.05, 0.1) is 6.61 Å². The summed E-state index contributed by atoms with van der Waals surface area (Å²) in [7, 11) is 1.69. The molecule has 0 fully saturated rings. The first-order valence-electron chi connectivity index (χ1n) is 3.69. The van der Waals surface area contributed by atoms with Gasteiger partial charge in [-0.2, -0.15) is 0 Å². The Kier molecular flexibility index (Phi) is 3.44. The molecule has 0 unspecified atom stereocenters. The number of hydrogen-bond acceptors (Lipinski definition) is 3. The van der Waals surface area contributed by atoms with Gasteiger partial charge in [0.15, 0.2) is 0 Å². The highest BCUT2D eigenvalue weighted by molar-refractivity contribution is 7.98. The lowest BCUT2D eigenvalue weighted by Gasteiger charge is -2.05. The van der Waals surface area contributed by atoms with Crippen LogP contribution < -0.4 is 5.73 Å². The molecule has 0 aliphatic carbocycles. The number of thioether (sulfide) groups is 1. The van der Waals surface area contributed by atoms with Crippen LogP contribution >= 0.6 is 11.8 Å². The third-order valence-corrected chi connectivity index (χ3v) is 2.40. The van der Waals surface area contributed by atoms with Crippen molar-refractivity contribution in [2.45, 2.75) is 11.5 Å². The van der Waals surface area contributed by atoms with Gasteiger partial charge in [-0.15, -0.1) is 11.8 Å². The lowest BCUT2D eigenvalue weighted by atomic mass is 10.2. The minimum Gasteiger partial charge on any atom is -0.398 e. The fraction of sp³-hybridized carbons (Fsp3) is 0.333. The van der Waals surface area contributed by atoms with Crippen molar-refractivity contribution >= 4 is 17.4 Å². The summed E-state index contributed by atoms with van der Waals surface area (Å²) >= 11 is 1.65. The maximum atomic E-state index is 5.73. The molecule has 1 aromatic carbocycles. The minimum absolute atomic E-state index is 0.647. The summed E-state index contributed by atoms with van der Waals surface area (Å²) in [5, 5.41) is 0. The normalized spacial score (nSPS) is 10.2. The van der Waals surface area contributed by atoms with Crippen molar-refractivity contribution in [1.82, 2.24) is 0 Å². The highest BCUT2D eigenvalue weighted by Gasteiger charge is 1.98. The van der Waals surface area contributed by atoms with Crippen molar-refractivity contribution in [2.24, 2.45) is 0 Å². The number of nitrogens with two attached hydrogens (primary N) is 1. The summed E-state index contributed by atoms with van der Waals surface area (Å²) in [6, 6.07) is 5.96. The first kappa shape index (κ1) is 9.42. The molecule has 0 saturated carbocycles. The SMILES string of the molecule is COCc1ccc(N)c(SC)c1. The molecule has 0 radical (unpaired) electrons. The number of ether oxygens (including phenoxy) is 1. The molecular formula is C9H13NOS. The van der Waals surface area contributed by atoms with Gasteiger partial charge in [0, 0.05) is 17.7 Å². The monoisotopic (exact) mass is 183 g/mol. The standard InChI is InChI=1S/C9H13NOS/c1-11-6-7-3-4-8(10)9(5-7)12-2/h3-5H,6,10H2,1-2H3. The Balaban J connectivity index is 2.89. The highest BCUT2D eigenvalue weighted by Crippen LogP contribution is 2.23. The van der Waals surface area contributed by atoms with Crippen molar-refractivity contribution in [3.8, 4) is 0 Å². The molecule has 0 amide bonds. The average Bonchev–Trinajstić information content (AvgIpc) is 2.09. The van der Waals surface area contributed by atoms with E-state index in [1.54, 1.807) is 18.9 Å². The molecule has 0 aromatic heterocycles. The van der Waals surface area contributed by atoms with Gasteiger partial charge < -0.3 is 10.5 Å². The summed E-state index contributed by atoms with van der Waals surface area (Å²) in [4.78, 5) is 1.12. The molecule has 12 heavy (non-hydrogen) atoms. The fourth-order valence-corrected chi connectivity index (χ4v) is 1.58. The zero-order valence-electron chi connectivity index (χ0n) is 7.33. The van der Waals surface area contributed by atoms with E-state index < -0.39 is 0 Å². The van der Waals surface area contributed by atoms with Gasteiger partial charge in [0.1, 0.15) is 0 Å². The Labute approximate surface area is 77.1 Å². The van der Waals surface area contributed by atoms with E-state index in [-0.39, 0.29) is 0 Å². The maximum absolute atomic E-state index is 5.73. The van der Waals surface area contributed by atoms with Crippen LogP contribution in [0.1, 0.15) is 5.56 Å².